The van der Waals surface area contributed by atoms with Gasteiger partial charge >= 0.3 is 0 Å². The third kappa shape index (κ3) is 4.24. The number of rotatable bonds is 6. The van der Waals surface area contributed by atoms with Crippen LogP contribution in [0.25, 0.3) is 5.52 Å². The summed E-state index contributed by atoms with van der Waals surface area (Å²) in [5.41, 5.74) is 2.18. The van der Waals surface area contributed by atoms with Gasteiger partial charge in [0.1, 0.15) is 35.9 Å². The molecule has 0 unspecified atom stereocenters. The van der Waals surface area contributed by atoms with E-state index in [9.17, 15) is 18.7 Å². The van der Waals surface area contributed by atoms with Gasteiger partial charge in [0.25, 0.3) is 5.91 Å². The Morgan fingerprint density at radius 2 is 2.15 bits per heavy atom. The molecule has 1 atom stereocenters. The Balaban J connectivity index is 2.02. The van der Waals surface area contributed by atoms with Crippen LogP contribution in [0.2, 0.25) is 0 Å². The van der Waals surface area contributed by atoms with Crippen molar-refractivity contribution in [2.24, 2.45) is 0 Å². The molecule has 3 N–H and O–H groups in total. The molecule has 2 heterocycles. The molecule has 1 aromatic carbocycles. The predicted molar refractivity (Wildman–Crippen MR) is 97.6 cm³/mol. The van der Waals surface area contributed by atoms with Crippen LogP contribution in [0.4, 0.5) is 20.3 Å². The largest absolute Gasteiger partial charge is 0.391 e. The first-order valence-electron chi connectivity index (χ1n) is 7.83. The second-order valence-corrected chi connectivity index (χ2v) is 6.66. The minimum atomic E-state index is -0.798. The number of nitrogens with zero attached hydrogens (tertiary/aromatic N) is 2. The SMILES string of the molecule is C[C@H](O)CONC(=O)c1cc(F)c2cncn2c1Nc1ccc(Br)cc1F. The Hall–Kier alpha value is -2.56. The summed E-state index contributed by atoms with van der Waals surface area (Å²) < 4.78 is 30.4. The molecule has 0 spiro atoms. The maximum atomic E-state index is 14.3. The maximum Gasteiger partial charge on any atom is 0.278 e. The molecular formula is C17H15BrF2N4O3. The van der Waals surface area contributed by atoms with Crippen molar-refractivity contribution >= 4 is 38.9 Å². The van der Waals surface area contributed by atoms with E-state index in [0.717, 1.165) is 6.07 Å². The zero-order chi connectivity index (χ0) is 19.6. The molecule has 0 fully saturated rings. The second-order valence-electron chi connectivity index (χ2n) is 5.74. The number of halogens is 3. The summed E-state index contributed by atoms with van der Waals surface area (Å²) in [5.74, 6) is -1.93. The van der Waals surface area contributed by atoms with Crippen molar-refractivity contribution < 1.29 is 23.5 Å². The Kier molecular flexibility index (Phi) is 5.68. The predicted octanol–water partition coefficient (Wildman–Crippen LogP) is 3.16. The van der Waals surface area contributed by atoms with Gasteiger partial charge in [-0.1, -0.05) is 15.9 Å². The number of hydrogen-bond acceptors (Lipinski definition) is 5. The Morgan fingerprint density at radius 1 is 1.37 bits per heavy atom. The number of pyridine rings is 1. The van der Waals surface area contributed by atoms with Crippen LogP contribution in [0, 0.1) is 11.6 Å². The minimum Gasteiger partial charge on any atom is -0.391 e. The smallest absolute Gasteiger partial charge is 0.278 e. The molecule has 3 rings (SSSR count). The highest BCUT2D eigenvalue weighted by Gasteiger charge is 2.20. The number of fused-ring (bicyclic) bond motifs is 1. The van der Waals surface area contributed by atoms with Crippen molar-refractivity contribution in [3.63, 3.8) is 0 Å². The summed E-state index contributed by atoms with van der Waals surface area (Å²) in [4.78, 5) is 21.2. The molecular weight excluding hydrogens is 426 g/mol. The lowest BCUT2D eigenvalue weighted by atomic mass is 10.2. The number of aliphatic hydroxyl groups is 1. The van der Waals surface area contributed by atoms with E-state index >= 15 is 0 Å². The van der Waals surface area contributed by atoms with Crippen molar-refractivity contribution in [3.05, 3.63) is 58.5 Å². The highest BCUT2D eigenvalue weighted by molar-refractivity contribution is 9.10. The standard InChI is InChI=1S/C17H15BrF2N4O3/c1-9(25)7-27-23-17(26)11-5-13(20)15-6-21-8-24(15)16(11)22-14-3-2-10(18)4-12(14)19/h2-6,8-9,22,25H,7H2,1H3,(H,23,26)/t9-/m0/s1. The fraction of sp³-hybridized carbons (Fsp3) is 0.176. The number of benzene rings is 1. The Morgan fingerprint density at radius 3 is 2.85 bits per heavy atom. The number of aromatic nitrogens is 2. The number of anilines is 2. The molecule has 142 valence electrons. The van der Waals surface area contributed by atoms with Crippen LogP contribution in [-0.2, 0) is 4.84 Å². The maximum absolute atomic E-state index is 14.3. The zero-order valence-electron chi connectivity index (χ0n) is 14.0. The number of hydrogen-bond donors (Lipinski definition) is 3. The number of hydroxylamine groups is 1. The van der Waals surface area contributed by atoms with Gasteiger partial charge in [-0.3, -0.25) is 14.0 Å². The van der Waals surface area contributed by atoms with E-state index in [1.807, 2.05) is 0 Å². The number of carbonyl (C=O) groups is 1. The van der Waals surface area contributed by atoms with Crippen molar-refractivity contribution in [1.29, 1.82) is 0 Å². The molecule has 0 bridgehead atoms. The van der Waals surface area contributed by atoms with Crippen LogP contribution in [-0.4, -0.2) is 33.1 Å². The molecule has 0 aliphatic carbocycles. The van der Waals surface area contributed by atoms with Gasteiger partial charge in [0.15, 0.2) is 0 Å². The van der Waals surface area contributed by atoms with Gasteiger partial charge in [-0.15, -0.1) is 0 Å². The highest BCUT2D eigenvalue weighted by Crippen LogP contribution is 2.28. The number of imidazole rings is 1. The molecule has 2 aromatic heterocycles. The summed E-state index contributed by atoms with van der Waals surface area (Å²) >= 11 is 3.17. The Bertz CT molecular complexity index is 994. The minimum absolute atomic E-state index is 0.0822. The third-order valence-corrected chi connectivity index (χ3v) is 4.06. The number of amides is 1. The first-order valence-corrected chi connectivity index (χ1v) is 8.63. The average Bonchev–Trinajstić information content (AvgIpc) is 3.09. The van der Waals surface area contributed by atoms with Gasteiger partial charge in [0, 0.05) is 4.47 Å². The van der Waals surface area contributed by atoms with E-state index in [1.54, 1.807) is 6.07 Å². The van der Waals surface area contributed by atoms with Gasteiger partial charge < -0.3 is 10.4 Å². The van der Waals surface area contributed by atoms with Crippen LogP contribution in [0.3, 0.4) is 0 Å². The van der Waals surface area contributed by atoms with E-state index in [4.69, 9.17) is 4.84 Å². The third-order valence-electron chi connectivity index (χ3n) is 3.57. The van der Waals surface area contributed by atoms with E-state index in [1.165, 1.54) is 36.0 Å². The number of nitrogens with one attached hydrogen (secondary N) is 2. The summed E-state index contributed by atoms with van der Waals surface area (Å²) in [6, 6.07) is 5.34. The molecule has 10 heteroatoms. The van der Waals surface area contributed by atoms with Gasteiger partial charge in [0.05, 0.1) is 23.6 Å². The molecule has 0 aliphatic heterocycles. The van der Waals surface area contributed by atoms with E-state index in [-0.39, 0.29) is 29.2 Å². The molecule has 0 saturated heterocycles. The van der Waals surface area contributed by atoms with Crippen LogP contribution >= 0.6 is 15.9 Å². The first-order chi connectivity index (χ1) is 12.9. The fourth-order valence-electron chi connectivity index (χ4n) is 2.35. The second kappa shape index (κ2) is 7.99. The van der Waals surface area contributed by atoms with Gasteiger partial charge in [-0.2, -0.15) is 0 Å². The van der Waals surface area contributed by atoms with Crippen LogP contribution in [0.5, 0.6) is 0 Å². The highest BCUT2D eigenvalue weighted by atomic mass is 79.9. The number of carbonyl (C=O) groups excluding carboxylic acids is 1. The molecule has 7 nitrogen and oxygen atoms in total. The molecule has 3 aromatic rings. The lowest BCUT2D eigenvalue weighted by molar-refractivity contribution is -0.00686. The summed E-state index contributed by atoms with van der Waals surface area (Å²) in [7, 11) is 0. The van der Waals surface area contributed by atoms with Gasteiger partial charge in [-0.05, 0) is 31.2 Å². The normalized spacial score (nSPS) is 12.2. The topological polar surface area (TPSA) is 87.9 Å². The first kappa shape index (κ1) is 19.2. The lowest BCUT2D eigenvalue weighted by Crippen LogP contribution is -2.28. The van der Waals surface area contributed by atoms with Crippen molar-refractivity contribution in [2.75, 3.05) is 11.9 Å². The van der Waals surface area contributed by atoms with E-state index in [2.05, 4.69) is 31.7 Å². The summed E-state index contributed by atoms with van der Waals surface area (Å²) in [6.45, 7) is 1.33. The average molecular weight is 441 g/mol. The van der Waals surface area contributed by atoms with Crippen LogP contribution in [0.15, 0.2) is 41.3 Å². The summed E-state index contributed by atoms with van der Waals surface area (Å²) in [5, 5.41) is 12.0. The molecule has 27 heavy (non-hydrogen) atoms. The zero-order valence-corrected chi connectivity index (χ0v) is 15.6. The van der Waals surface area contributed by atoms with E-state index in [0.29, 0.717) is 4.47 Å². The molecule has 0 saturated carbocycles. The molecule has 0 radical (unpaired) electrons. The van der Waals surface area contributed by atoms with Gasteiger partial charge in [0.2, 0.25) is 0 Å². The van der Waals surface area contributed by atoms with Crippen molar-refractivity contribution in [2.45, 2.75) is 13.0 Å². The van der Waals surface area contributed by atoms with E-state index < -0.39 is 23.6 Å². The van der Waals surface area contributed by atoms with Crippen molar-refractivity contribution in [1.82, 2.24) is 14.9 Å². The Labute approximate surface area is 161 Å². The quantitative estimate of drug-likeness (QED) is 0.512. The summed E-state index contributed by atoms with van der Waals surface area (Å²) in [6.07, 6.45) is 1.78. The number of aliphatic hydroxyl groups excluding tert-OH is 1. The monoisotopic (exact) mass is 440 g/mol. The molecule has 1 amide bonds. The van der Waals surface area contributed by atoms with Crippen LogP contribution in [0.1, 0.15) is 17.3 Å². The van der Waals surface area contributed by atoms with Crippen LogP contribution < -0.4 is 10.8 Å². The van der Waals surface area contributed by atoms with Gasteiger partial charge in [-0.25, -0.2) is 19.2 Å². The lowest BCUT2D eigenvalue weighted by Gasteiger charge is -2.16. The molecule has 0 aliphatic rings. The fourth-order valence-corrected chi connectivity index (χ4v) is 2.68. The van der Waals surface area contributed by atoms with Crippen molar-refractivity contribution in [3.8, 4) is 0 Å².